The summed E-state index contributed by atoms with van der Waals surface area (Å²) in [5.74, 6) is -1.57. The molecule has 5 nitrogen and oxygen atoms in total. The first-order valence-corrected chi connectivity index (χ1v) is 8.20. The Bertz CT molecular complexity index is 718. The van der Waals surface area contributed by atoms with Crippen LogP contribution in [0.5, 0.6) is 0 Å². The summed E-state index contributed by atoms with van der Waals surface area (Å²) >= 11 is 0. The normalized spacial score (nSPS) is 15.9. The molecule has 132 valence electrons. The fourth-order valence-electron chi connectivity index (χ4n) is 2.81. The number of nitrogens with zero attached hydrogens (tertiary/aromatic N) is 3. The molecular weight excluding hydrogens is 326 g/mol. The highest BCUT2D eigenvalue weighted by Gasteiger charge is 2.19. The number of hydrogen-bond acceptors (Lipinski definition) is 4. The number of piperazine rings is 1. The second-order valence-corrected chi connectivity index (χ2v) is 6.05. The Labute approximate surface area is 145 Å². The number of carbonyl (C=O) groups is 1. The van der Waals surface area contributed by atoms with Crippen LogP contribution in [-0.2, 0) is 11.3 Å². The smallest absolute Gasteiger partial charge is 0.238 e. The van der Waals surface area contributed by atoms with E-state index in [1.807, 2.05) is 23.1 Å². The third-order valence-electron chi connectivity index (χ3n) is 4.15. The number of amides is 1. The van der Waals surface area contributed by atoms with E-state index in [1.165, 1.54) is 0 Å². The molecular formula is C18H20F2N4O. The van der Waals surface area contributed by atoms with Crippen molar-refractivity contribution >= 4 is 11.6 Å². The summed E-state index contributed by atoms with van der Waals surface area (Å²) in [6.07, 6.45) is 1.78. The van der Waals surface area contributed by atoms with Gasteiger partial charge in [0.05, 0.1) is 17.9 Å². The van der Waals surface area contributed by atoms with Crippen molar-refractivity contribution in [3.8, 4) is 0 Å². The highest BCUT2D eigenvalue weighted by atomic mass is 19.1. The molecule has 0 saturated carbocycles. The summed E-state index contributed by atoms with van der Waals surface area (Å²) in [5, 5.41) is 2.43. The number of aromatic nitrogens is 1. The van der Waals surface area contributed by atoms with Crippen molar-refractivity contribution in [1.29, 1.82) is 0 Å². The van der Waals surface area contributed by atoms with Crippen molar-refractivity contribution in [3.63, 3.8) is 0 Å². The van der Waals surface area contributed by atoms with Gasteiger partial charge in [0, 0.05) is 45.0 Å². The van der Waals surface area contributed by atoms with Crippen LogP contribution in [0.2, 0.25) is 0 Å². The molecule has 2 heterocycles. The monoisotopic (exact) mass is 346 g/mol. The Hall–Kier alpha value is -2.38. The van der Waals surface area contributed by atoms with Gasteiger partial charge < -0.3 is 5.32 Å². The van der Waals surface area contributed by atoms with E-state index in [0.29, 0.717) is 0 Å². The minimum absolute atomic E-state index is 0.126. The molecule has 1 aliphatic rings. The predicted octanol–water partition coefficient (Wildman–Crippen LogP) is 2.12. The van der Waals surface area contributed by atoms with Crippen molar-refractivity contribution in [2.24, 2.45) is 0 Å². The Morgan fingerprint density at radius 1 is 1.08 bits per heavy atom. The quantitative estimate of drug-likeness (QED) is 0.901. The van der Waals surface area contributed by atoms with E-state index in [-0.39, 0.29) is 18.1 Å². The van der Waals surface area contributed by atoms with Crippen LogP contribution in [-0.4, -0.2) is 53.4 Å². The van der Waals surface area contributed by atoms with E-state index in [1.54, 1.807) is 6.20 Å². The molecule has 0 unspecified atom stereocenters. The van der Waals surface area contributed by atoms with E-state index in [4.69, 9.17) is 0 Å². The molecule has 0 radical (unpaired) electrons. The maximum Gasteiger partial charge on any atom is 0.238 e. The molecule has 1 saturated heterocycles. The molecule has 2 aromatic rings. The molecule has 1 fully saturated rings. The standard InChI is InChI=1S/C18H20F2N4O/c19-14-4-5-16(20)17(11-14)22-18(25)13-24-9-7-23(8-10-24)12-15-3-1-2-6-21-15/h1-6,11H,7-10,12-13H2,(H,22,25). The van der Waals surface area contributed by atoms with Crippen LogP contribution < -0.4 is 5.32 Å². The topological polar surface area (TPSA) is 48.5 Å². The maximum absolute atomic E-state index is 13.6. The first kappa shape index (κ1) is 17.4. The lowest BCUT2D eigenvalue weighted by Crippen LogP contribution is -2.48. The summed E-state index contributed by atoms with van der Waals surface area (Å²) in [5.41, 5.74) is 0.897. The van der Waals surface area contributed by atoms with Gasteiger partial charge in [-0.1, -0.05) is 6.07 Å². The predicted molar refractivity (Wildman–Crippen MR) is 90.9 cm³/mol. The summed E-state index contributed by atoms with van der Waals surface area (Å²) in [4.78, 5) is 20.7. The second-order valence-electron chi connectivity index (χ2n) is 6.05. The van der Waals surface area contributed by atoms with E-state index in [9.17, 15) is 13.6 Å². The number of nitrogens with one attached hydrogen (secondary N) is 1. The lowest BCUT2D eigenvalue weighted by atomic mass is 10.2. The number of rotatable bonds is 5. The zero-order chi connectivity index (χ0) is 17.6. The number of benzene rings is 1. The molecule has 0 aliphatic carbocycles. The number of hydrogen-bond donors (Lipinski definition) is 1. The Morgan fingerprint density at radius 3 is 2.56 bits per heavy atom. The van der Waals surface area contributed by atoms with Crippen LogP contribution in [0.1, 0.15) is 5.69 Å². The van der Waals surface area contributed by atoms with Crippen molar-refractivity contribution < 1.29 is 13.6 Å². The van der Waals surface area contributed by atoms with Gasteiger partial charge in [-0.15, -0.1) is 0 Å². The van der Waals surface area contributed by atoms with Gasteiger partial charge in [-0.25, -0.2) is 8.78 Å². The highest BCUT2D eigenvalue weighted by Crippen LogP contribution is 2.15. The van der Waals surface area contributed by atoms with Crippen molar-refractivity contribution in [2.75, 3.05) is 38.0 Å². The fourth-order valence-corrected chi connectivity index (χ4v) is 2.81. The van der Waals surface area contributed by atoms with Gasteiger partial charge in [0.1, 0.15) is 11.6 Å². The molecule has 1 aliphatic heterocycles. The van der Waals surface area contributed by atoms with Gasteiger partial charge in [0.2, 0.25) is 5.91 Å². The Morgan fingerprint density at radius 2 is 1.84 bits per heavy atom. The largest absolute Gasteiger partial charge is 0.322 e. The highest BCUT2D eigenvalue weighted by molar-refractivity contribution is 5.92. The average Bonchev–Trinajstić information content (AvgIpc) is 2.61. The van der Waals surface area contributed by atoms with Gasteiger partial charge in [0.25, 0.3) is 0 Å². The van der Waals surface area contributed by atoms with E-state index >= 15 is 0 Å². The van der Waals surface area contributed by atoms with Crippen LogP contribution in [0, 0.1) is 11.6 Å². The molecule has 0 atom stereocenters. The fraction of sp³-hybridized carbons (Fsp3) is 0.333. The molecule has 0 bridgehead atoms. The van der Waals surface area contributed by atoms with E-state index < -0.39 is 11.6 Å². The molecule has 1 aromatic heterocycles. The zero-order valence-corrected chi connectivity index (χ0v) is 13.8. The number of anilines is 1. The lowest BCUT2D eigenvalue weighted by molar-refractivity contribution is -0.117. The van der Waals surface area contributed by atoms with Crippen molar-refractivity contribution in [2.45, 2.75) is 6.54 Å². The molecule has 1 amide bonds. The molecule has 25 heavy (non-hydrogen) atoms. The Balaban J connectivity index is 1.45. The number of carbonyl (C=O) groups excluding carboxylic acids is 1. The molecule has 0 spiro atoms. The second kappa shape index (κ2) is 8.13. The van der Waals surface area contributed by atoms with E-state index in [2.05, 4.69) is 15.2 Å². The third kappa shape index (κ3) is 5.04. The molecule has 1 N–H and O–H groups in total. The summed E-state index contributed by atoms with van der Waals surface area (Å²) < 4.78 is 26.7. The minimum atomic E-state index is -0.644. The summed E-state index contributed by atoms with van der Waals surface area (Å²) in [6, 6.07) is 8.86. The lowest BCUT2D eigenvalue weighted by Gasteiger charge is -2.34. The Kier molecular flexibility index (Phi) is 5.67. The van der Waals surface area contributed by atoms with Gasteiger partial charge in [-0.05, 0) is 24.3 Å². The summed E-state index contributed by atoms with van der Waals surface area (Å²) in [7, 11) is 0. The van der Waals surface area contributed by atoms with Gasteiger partial charge in [0.15, 0.2) is 0 Å². The molecule has 1 aromatic carbocycles. The van der Waals surface area contributed by atoms with Crippen LogP contribution in [0.4, 0.5) is 14.5 Å². The van der Waals surface area contributed by atoms with Crippen LogP contribution >= 0.6 is 0 Å². The number of halogens is 2. The first-order valence-electron chi connectivity index (χ1n) is 8.20. The molecule has 3 rings (SSSR count). The van der Waals surface area contributed by atoms with Crippen LogP contribution in [0.15, 0.2) is 42.6 Å². The maximum atomic E-state index is 13.6. The van der Waals surface area contributed by atoms with Gasteiger partial charge >= 0.3 is 0 Å². The minimum Gasteiger partial charge on any atom is -0.322 e. The zero-order valence-electron chi connectivity index (χ0n) is 13.8. The van der Waals surface area contributed by atoms with Crippen LogP contribution in [0.3, 0.4) is 0 Å². The van der Waals surface area contributed by atoms with E-state index in [0.717, 1.165) is 56.6 Å². The average molecular weight is 346 g/mol. The van der Waals surface area contributed by atoms with Gasteiger partial charge in [-0.2, -0.15) is 0 Å². The third-order valence-corrected chi connectivity index (χ3v) is 4.15. The molecule has 7 heteroatoms. The van der Waals surface area contributed by atoms with Crippen molar-refractivity contribution in [1.82, 2.24) is 14.8 Å². The van der Waals surface area contributed by atoms with Crippen LogP contribution in [0.25, 0.3) is 0 Å². The first-order chi connectivity index (χ1) is 12.1. The SMILES string of the molecule is O=C(CN1CCN(Cc2ccccn2)CC1)Nc1cc(F)ccc1F. The number of pyridine rings is 1. The van der Waals surface area contributed by atoms with Gasteiger partial charge in [-0.3, -0.25) is 19.6 Å². The van der Waals surface area contributed by atoms with Crippen molar-refractivity contribution in [3.05, 3.63) is 59.9 Å². The summed E-state index contributed by atoms with van der Waals surface area (Å²) in [6.45, 7) is 4.09.